The molecule has 6 nitrogen and oxygen atoms in total. The first kappa shape index (κ1) is 16.8. The number of hydrogen-bond acceptors (Lipinski definition) is 3. The lowest BCUT2D eigenvalue weighted by molar-refractivity contribution is -0.136. The first-order valence-corrected chi connectivity index (χ1v) is 8.77. The molecule has 1 aromatic heterocycles. The maximum absolute atomic E-state index is 12.9. The number of rotatable bonds is 4. The Balaban J connectivity index is 1.93. The highest BCUT2D eigenvalue weighted by Gasteiger charge is 2.29. The monoisotopic (exact) mass is 330 g/mol. The summed E-state index contributed by atoms with van der Waals surface area (Å²) in [6.45, 7) is 5.29. The molecule has 1 fully saturated rings. The molecule has 1 aliphatic heterocycles. The molecule has 6 heteroatoms. The van der Waals surface area contributed by atoms with Gasteiger partial charge in [-0.3, -0.25) is 13.9 Å². The van der Waals surface area contributed by atoms with Crippen LogP contribution >= 0.6 is 0 Å². The summed E-state index contributed by atoms with van der Waals surface area (Å²) in [4.78, 5) is 27.4. The molecular formula is C18H26N4O2. The number of aryl methyl sites for hydroxylation is 1. The third-order valence-electron chi connectivity index (χ3n) is 5.01. The van der Waals surface area contributed by atoms with Gasteiger partial charge in [0.25, 0.3) is 0 Å². The zero-order valence-electron chi connectivity index (χ0n) is 14.4. The minimum Gasteiger partial charge on any atom is -0.337 e. The summed E-state index contributed by atoms with van der Waals surface area (Å²) in [6.07, 6.45) is 3.04. The van der Waals surface area contributed by atoms with E-state index in [0.717, 1.165) is 36.8 Å². The molecule has 1 saturated heterocycles. The number of hydrogen-bond donors (Lipinski definition) is 1. The highest BCUT2D eigenvalue weighted by Crippen LogP contribution is 2.20. The Hall–Kier alpha value is -2.08. The van der Waals surface area contributed by atoms with E-state index in [0.29, 0.717) is 6.54 Å². The van der Waals surface area contributed by atoms with Crippen LogP contribution in [0.5, 0.6) is 0 Å². The van der Waals surface area contributed by atoms with Crippen LogP contribution in [0.3, 0.4) is 0 Å². The van der Waals surface area contributed by atoms with Crippen molar-refractivity contribution in [2.24, 2.45) is 5.73 Å². The SMILES string of the molecule is CCn1c(=O)n(CC(=O)N2CCCCC2C(C)N)c2ccccc21. The highest BCUT2D eigenvalue weighted by molar-refractivity contribution is 5.81. The number of carbonyl (C=O) groups excluding carboxylic acids is 1. The number of aromatic nitrogens is 2. The van der Waals surface area contributed by atoms with Crippen molar-refractivity contribution in [2.45, 2.75) is 58.3 Å². The number of benzene rings is 1. The van der Waals surface area contributed by atoms with Gasteiger partial charge in [0.1, 0.15) is 6.54 Å². The standard InChI is InChI=1S/C18H26N4O2/c1-3-20-15-9-4-5-10-16(15)22(18(20)24)12-17(23)21-11-7-6-8-14(21)13(2)19/h4-5,9-10,13-14H,3,6-8,11-12,19H2,1-2H3. The molecule has 2 atom stereocenters. The summed E-state index contributed by atoms with van der Waals surface area (Å²) in [7, 11) is 0. The van der Waals surface area contributed by atoms with E-state index in [1.54, 1.807) is 9.13 Å². The van der Waals surface area contributed by atoms with Crippen LogP contribution in [-0.2, 0) is 17.9 Å². The molecule has 130 valence electrons. The fraction of sp³-hybridized carbons (Fsp3) is 0.556. The molecular weight excluding hydrogens is 304 g/mol. The number of likely N-dealkylation sites (tertiary alicyclic amines) is 1. The van der Waals surface area contributed by atoms with Gasteiger partial charge in [-0.05, 0) is 45.2 Å². The lowest BCUT2D eigenvalue weighted by Gasteiger charge is -2.38. The third-order valence-corrected chi connectivity index (χ3v) is 5.01. The van der Waals surface area contributed by atoms with Crippen LogP contribution < -0.4 is 11.4 Å². The molecule has 2 aromatic rings. The van der Waals surface area contributed by atoms with Crippen LogP contribution in [0, 0.1) is 0 Å². The van der Waals surface area contributed by atoms with Crippen LogP contribution in [-0.4, -0.2) is 38.6 Å². The Bertz CT molecular complexity index is 790. The number of nitrogens with zero attached hydrogens (tertiary/aromatic N) is 3. The van der Waals surface area contributed by atoms with E-state index in [2.05, 4.69) is 0 Å². The van der Waals surface area contributed by atoms with Crippen molar-refractivity contribution in [3.05, 3.63) is 34.7 Å². The van der Waals surface area contributed by atoms with Crippen molar-refractivity contribution in [1.82, 2.24) is 14.0 Å². The minimum atomic E-state index is -0.124. The molecule has 2 heterocycles. The second-order valence-corrected chi connectivity index (χ2v) is 6.61. The second-order valence-electron chi connectivity index (χ2n) is 6.61. The van der Waals surface area contributed by atoms with Crippen molar-refractivity contribution < 1.29 is 4.79 Å². The number of piperidine rings is 1. The number of carbonyl (C=O) groups is 1. The Morgan fingerprint density at radius 3 is 2.54 bits per heavy atom. The van der Waals surface area contributed by atoms with Gasteiger partial charge in [-0.25, -0.2) is 4.79 Å². The molecule has 2 unspecified atom stereocenters. The molecule has 0 radical (unpaired) electrons. The van der Waals surface area contributed by atoms with E-state index >= 15 is 0 Å². The summed E-state index contributed by atoms with van der Waals surface area (Å²) >= 11 is 0. The largest absolute Gasteiger partial charge is 0.337 e. The number of imidazole rings is 1. The number of para-hydroxylation sites is 2. The van der Waals surface area contributed by atoms with E-state index in [1.165, 1.54) is 0 Å². The van der Waals surface area contributed by atoms with Gasteiger partial charge < -0.3 is 10.6 Å². The van der Waals surface area contributed by atoms with Crippen molar-refractivity contribution in [2.75, 3.05) is 6.54 Å². The maximum Gasteiger partial charge on any atom is 0.329 e. The van der Waals surface area contributed by atoms with Gasteiger partial charge in [0.2, 0.25) is 5.91 Å². The summed E-state index contributed by atoms with van der Waals surface area (Å²) in [5.74, 6) is -0.0156. The van der Waals surface area contributed by atoms with Crippen molar-refractivity contribution in [3.8, 4) is 0 Å². The molecule has 1 aliphatic rings. The summed E-state index contributed by atoms with van der Waals surface area (Å²) in [6, 6.07) is 7.65. The smallest absolute Gasteiger partial charge is 0.329 e. The van der Waals surface area contributed by atoms with E-state index in [9.17, 15) is 9.59 Å². The average Bonchev–Trinajstić information content (AvgIpc) is 2.86. The van der Waals surface area contributed by atoms with E-state index in [-0.39, 0.29) is 30.2 Å². The Morgan fingerprint density at radius 1 is 1.25 bits per heavy atom. The first-order chi connectivity index (χ1) is 11.5. The molecule has 0 saturated carbocycles. The molecule has 1 amide bonds. The Labute approximate surface area is 141 Å². The topological polar surface area (TPSA) is 73.3 Å². The van der Waals surface area contributed by atoms with Gasteiger partial charge >= 0.3 is 5.69 Å². The third kappa shape index (κ3) is 2.86. The predicted molar refractivity (Wildman–Crippen MR) is 94.9 cm³/mol. The van der Waals surface area contributed by atoms with Gasteiger partial charge in [0.15, 0.2) is 0 Å². The van der Waals surface area contributed by atoms with E-state index in [1.807, 2.05) is 43.0 Å². The van der Waals surface area contributed by atoms with Gasteiger partial charge in [-0.2, -0.15) is 0 Å². The lowest BCUT2D eigenvalue weighted by atomic mass is 9.97. The van der Waals surface area contributed by atoms with Crippen LogP contribution in [0.2, 0.25) is 0 Å². The fourth-order valence-electron chi connectivity index (χ4n) is 3.77. The van der Waals surface area contributed by atoms with Crippen LogP contribution in [0.15, 0.2) is 29.1 Å². The van der Waals surface area contributed by atoms with Gasteiger partial charge in [0, 0.05) is 25.2 Å². The lowest BCUT2D eigenvalue weighted by Crippen LogP contribution is -2.52. The van der Waals surface area contributed by atoms with E-state index < -0.39 is 0 Å². The number of fused-ring (bicyclic) bond motifs is 1. The van der Waals surface area contributed by atoms with Crippen molar-refractivity contribution in [3.63, 3.8) is 0 Å². The summed E-state index contributed by atoms with van der Waals surface area (Å²) in [5, 5.41) is 0. The molecule has 0 bridgehead atoms. The van der Waals surface area contributed by atoms with Crippen LogP contribution in [0.4, 0.5) is 0 Å². The molecule has 24 heavy (non-hydrogen) atoms. The van der Waals surface area contributed by atoms with Crippen molar-refractivity contribution in [1.29, 1.82) is 0 Å². The quantitative estimate of drug-likeness (QED) is 0.924. The normalized spacial score (nSPS) is 19.6. The zero-order chi connectivity index (χ0) is 17.3. The second kappa shape index (κ2) is 6.81. The maximum atomic E-state index is 12.9. The van der Waals surface area contributed by atoms with Gasteiger partial charge in [-0.1, -0.05) is 12.1 Å². The number of amides is 1. The molecule has 3 rings (SSSR count). The molecule has 0 spiro atoms. The van der Waals surface area contributed by atoms with Gasteiger partial charge in [0.05, 0.1) is 11.0 Å². The Kier molecular flexibility index (Phi) is 4.76. The fourth-order valence-corrected chi connectivity index (χ4v) is 3.77. The van der Waals surface area contributed by atoms with E-state index in [4.69, 9.17) is 5.73 Å². The first-order valence-electron chi connectivity index (χ1n) is 8.77. The molecule has 2 N–H and O–H groups in total. The van der Waals surface area contributed by atoms with Crippen molar-refractivity contribution >= 4 is 16.9 Å². The predicted octanol–water partition coefficient (Wildman–Crippen LogP) is 1.55. The average molecular weight is 330 g/mol. The van der Waals surface area contributed by atoms with Gasteiger partial charge in [-0.15, -0.1) is 0 Å². The minimum absolute atomic E-state index is 0.0156. The molecule has 1 aromatic carbocycles. The summed E-state index contributed by atoms with van der Waals surface area (Å²) in [5.41, 5.74) is 7.63. The number of nitrogens with two attached hydrogens (primary N) is 1. The van der Waals surface area contributed by atoms with Crippen LogP contribution in [0.1, 0.15) is 33.1 Å². The Morgan fingerprint density at radius 2 is 1.92 bits per heavy atom. The highest BCUT2D eigenvalue weighted by atomic mass is 16.2. The summed E-state index contributed by atoms with van der Waals surface area (Å²) < 4.78 is 3.30. The molecule has 0 aliphatic carbocycles. The zero-order valence-corrected chi connectivity index (χ0v) is 14.4. The van der Waals surface area contributed by atoms with Crippen LogP contribution in [0.25, 0.3) is 11.0 Å².